The Balaban J connectivity index is 1.70. The van der Waals surface area contributed by atoms with Gasteiger partial charge in [-0.3, -0.25) is 9.78 Å². The molecule has 0 aliphatic rings. The normalized spacial score (nSPS) is 10.7. The summed E-state index contributed by atoms with van der Waals surface area (Å²) in [7, 11) is 3.36. The first-order valence-corrected chi connectivity index (χ1v) is 8.95. The molecule has 5 nitrogen and oxygen atoms in total. The van der Waals surface area contributed by atoms with Gasteiger partial charge in [0.1, 0.15) is 18.1 Å². The van der Waals surface area contributed by atoms with Gasteiger partial charge in [-0.25, -0.2) is 0 Å². The molecule has 1 aromatic heterocycles. The van der Waals surface area contributed by atoms with Gasteiger partial charge in [-0.2, -0.15) is 0 Å². The number of fused-ring (bicyclic) bond motifs is 1. The van der Waals surface area contributed by atoms with Crippen molar-refractivity contribution in [2.45, 2.75) is 6.92 Å². The van der Waals surface area contributed by atoms with Gasteiger partial charge >= 0.3 is 0 Å². The molecule has 0 saturated heterocycles. The van der Waals surface area contributed by atoms with Crippen LogP contribution in [0.25, 0.3) is 10.9 Å². The quantitative estimate of drug-likeness (QED) is 0.633. The van der Waals surface area contributed by atoms with E-state index >= 15 is 0 Å². The van der Waals surface area contributed by atoms with Gasteiger partial charge in [0.05, 0.1) is 35.5 Å². The smallest absolute Gasteiger partial charge is 0.255 e. The van der Waals surface area contributed by atoms with Gasteiger partial charge < -0.3 is 14.4 Å². The maximum atomic E-state index is 12.8. The number of likely N-dealkylation sites (N-methyl/N-ethyl adjacent to an activating group) is 1. The van der Waals surface area contributed by atoms with Gasteiger partial charge in [0, 0.05) is 18.5 Å². The lowest BCUT2D eigenvalue weighted by Crippen LogP contribution is -2.31. The zero-order chi connectivity index (χ0) is 19.4. The number of hydrogen-bond donors (Lipinski definition) is 0. The number of carbonyl (C=O) groups excluding carboxylic acids is 1. The lowest BCUT2D eigenvalue weighted by Gasteiger charge is -2.19. The van der Waals surface area contributed by atoms with Crippen LogP contribution >= 0.6 is 11.6 Å². The van der Waals surface area contributed by atoms with E-state index in [-0.39, 0.29) is 5.91 Å². The molecule has 0 aliphatic heterocycles. The topological polar surface area (TPSA) is 51.7 Å². The number of pyridine rings is 1. The number of aromatic nitrogens is 1. The Morgan fingerprint density at radius 1 is 1.19 bits per heavy atom. The molecule has 1 amide bonds. The third-order valence-corrected chi connectivity index (χ3v) is 4.63. The third-order valence-electron chi connectivity index (χ3n) is 4.31. The van der Waals surface area contributed by atoms with E-state index < -0.39 is 0 Å². The summed E-state index contributed by atoms with van der Waals surface area (Å²) in [4.78, 5) is 19.0. The number of methoxy groups -OCH3 is 1. The van der Waals surface area contributed by atoms with Crippen LogP contribution < -0.4 is 9.47 Å². The molecule has 1 heterocycles. The number of halogens is 1. The van der Waals surface area contributed by atoms with E-state index in [1.54, 1.807) is 31.2 Å². The van der Waals surface area contributed by atoms with Crippen molar-refractivity contribution in [3.05, 3.63) is 64.8 Å². The number of ether oxygens (including phenoxy) is 2. The number of rotatable bonds is 6. The Kier molecular flexibility index (Phi) is 5.81. The van der Waals surface area contributed by atoms with Gasteiger partial charge in [-0.15, -0.1) is 0 Å². The lowest BCUT2D eigenvalue weighted by atomic mass is 10.1. The highest BCUT2D eigenvalue weighted by Gasteiger charge is 2.16. The van der Waals surface area contributed by atoms with Crippen molar-refractivity contribution in [3.63, 3.8) is 0 Å². The monoisotopic (exact) mass is 384 g/mol. The molecule has 3 aromatic rings. The summed E-state index contributed by atoms with van der Waals surface area (Å²) in [6, 6.07) is 14.8. The fourth-order valence-corrected chi connectivity index (χ4v) is 2.94. The number of benzene rings is 2. The van der Waals surface area contributed by atoms with Crippen LogP contribution in [0.4, 0.5) is 0 Å². The van der Waals surface area contributed by atoms with E-state index in [1.165, 1.54) is 0 Å². The van der Waals surface area contributed by atoms with Crippen LogP contribution in [0.5, 0.6) is 11.5 Å². The molecule has 0 N–H and O–H groups in total. The van der Waals surface area contributed by atoms with E-state index in [0.29, 0.717) is 35.2 Å². The van der Waals surface area contributed by atoms with Gasteiger partial charge in [-0.05, 0) is 37.3 Å². The first-order chi connectivity index (χ1) is 13.0. The minimum atomic E-state index is -0.0968. The molecule has 0 unspecified atom stereocenters. The van der Waals surface area contributed by atoms with Crippen molar-refractivity contribution >= 4 is 28.4 Å². The standard InChI is InChI=1S/C21H21ClN2O3/c1-14-17(12-15-8-9-16(26-3)13-19(15)23-14)21(25)24(2)10-11-27-20-7-5-4-6-18(20)22/h4-9,12-13H,10-11H2,1-3H3. The van der Waals surface area contributed by atoms with Crippen LogP contribution in [-0.4, -0.2) is 43.1 Å². The molecule has 0 spiro atoms. The molecular weight excluding hydrogens is 364 g/mol. The van der Waals surface area contributed by atoms with Crippen LogP contribution in [0.15, 0.2) is 48.5 Å². The van der Waals surface area contributed by atoms with Crippen molar-refractivity contribution in [3.8, 4) is 11.5 Å². The predicted octanol–water partition coefficient (Wildman–Crippen LogP) is 4.36. The zero-order valence-electron chi connectivity index (χ0n) is 15.5. The molecule has 0 saturated carbocycles. The van der Waals surface area contributed by atoms with E-state index in [2.05, 4.69) is 4.98 Å². The summed E-state index contributed by atoms with van der Waals surface area (Å²) >= 11 is 6.07. The molecule has 6 heteroatoms. The number of hydrogen-bond acceptors (Lipinski definition) is 4. The van der Waals surface area contributed by atoms with Crippen LogP contribution in [0, 0.1) is 6.92 Å². The number of para-hydroxylation sites is 1. The third kappa shape index (κ3) is 4.31. The van der Waals surface area contributed by atoms with Crippen molar-refractivity contribution in [2.24, 2.45) is 0 Å². The Morgan fingerprint density at radius 3 is 2.70 bits per heavy atom. The number of amides is 1. The van der Waals surface area contributed by atoms with Crippen molar-refractivity contribution in [2.75, 3.05) is 27.3 Å². The van der Waals surface area contributed by atoms with Crippen LogP contribution in [-0.2, 0) is 0 Å². The lowest BCUT2D eigenvalue weighted by molar-refractivity contribution is 0.0773. The summed E-state index contributed by atoms with van der Waals surface area (Å²) in [6.07, 6.45) is 0. The van der Waals surface area contributed by atoms with Crippen molar-refractivity contribution in [1.29, 1.82) is 0 Å². The van der Waals surface area contributed by atoms with Crippen LogP contribution in [0.1, 0.15) is 16.1 Å². The number of carbonyl (C=O) groups is 1. The first-order valence-electron chi connectivity index (χ1n) is 8.58. The van der Waals surface area contributed by atoms with Crippen molar-refractivity contribution in [1.82, 2.24) is 9.88 Å². The molecule has 0 radical (unpaired) electrons. The fourth-order valence-electron chi connectivity index (χ4n) is 2.75. The molecule has 0 bridgehead atoms. The largest absolute Gasteiger partial charge is 0.497 e. The van der Waals surface area contributed by atoms with E-state index in [4.69, 9.17) is 21.1 Å². The zero-order valence-corrected chi connectivity index (χ0v) is 16.3. The highest BCUT2D eigenvalue weighted by Crippen LogP contribution is 2.24. The predicted molar refractivity (Wildman–Crippen MR) is 107 cm³/mol. The van der Waals surface area contributed by atoms with Crippen LogP contribution in [0.3, 0.4) is 0 Å². The highest BCUT2D eigenvalue weighted by atomic mass is 35.5. The maximum Gasteiger partial charge on any atom is 0.255 e. The number of aryl methyl sites for hydroxylation is 1. The average Bonchev–Trinajstić information content (AvgIpc) is 2.67. The minimum absolute atomic E-state index is 0.0968. The second kappa shape index (κ2) is 8.27. The molecular formula is C21H21ClN2O3. The van der Waals surface area contributed by atoms with Gasteiger partial charge in [0.15, 0.2) is 0 Å². The second-order valence-electron chi connectivity index (χ2n) is 6.19. The van der Waals surface area contributed by atoms with Gasteiger partial charge in [0.25, 0.3) is 5.91 Å². The van der Waals surface area contributed by atoms with Gasteiger partial charge in [0.2, 0.25) is 0 Å². The molecule has 3 rings (SSSR count). The molecule has 0 atom stereocenters. The first kappa shape index (κ1) is 19.0. The maximum absolute atomic E-state index is 12.8. The highest BCUT2D eigenvalue weighted by molar-refractivity contribution is 6.32. The fraction of sp³-hybridized carbons (Fsp3) is 0.238. The summed E-state index contributed by atoms with van der Waals surface area (Å²) in [5.74, 6) is 1.25. The Labute approximate surface area is 163 Å². The number of nitrogens with zero attached hydrogens (tertiary/aromatic N) is 2. The Morgan fingerprint density at radius 2 is 1.96 bits per heavy atom. The van der Waals surface area contributed by atoms with Crippen molar-refractivity contribution < 1.29 is 14.3 Å². The summed E-state index contributed by atoms with van der Waals surface area (Å²) in [6.45, 7) is 2.62. The molecule has 140 valence electrons. The SMILES string of the molecule is COc1ccc2cc(C(=O)N(C)CCOc3ccccc3Cl)c(C)nc2c1. The average molecular weight is 385 g/mol. The molecule has 0 aliphatic carbocycles. The summed E-state index contributed by atoms with van der Waals surface area (Å²) in [5, 5.41) is 1.45. The summed E-state index contributed by atoms with van der Waals surface area (Å²) in [5.41, 5.74) is 2.06. The van der Waals surface area contributed by atoms with Crippen LogP contribution in [0.2, 0.25) is 5.02 Å². The molecule has 27 heavy (non-hydrogen) atoms. The Hall–Kier alpha value is -2.79. The van der Waals surface area contributed by atoms with Gasteiger partial charge in [-0.1, -0.05) is 23.7 Å². The molecule has 0 fully saturated rings. The summed E-state index contributed by atoms with van der Waals surface area (Å²) < 4.78 is 10.9. The van der Waals surface area contributed by atoms with E-state index in [9.17, 15) is 4.79 Å². The van der Waals surface area contributed by atoms with E-state index in [1.807, 2.05) is 43.3 Å². The minimum Gasteiger partial charge on any atom is -0.497 e. The molecule has 2 aromatic carbocycles. The Bertz CT molecular complexity index is 975. The van der Waals surface area contributed by atoms with E-state index in [0.717, 1.165) is 16.7 Å². The second-order valence-corrected chi connectivity index (χ2v) is 6.59.